The summed E-state index contributed by atoms with van der Waals surface area (Å²) in [6, 6.07) is 9.74. The fourth-order valence-electron chi connectivity index (χ4n) is 3.21. The number of para-hydroxylation sites is 1. The highest BCUT2D eigenvalue weighted by atomic mass is 16.5. The standard InChI is InChI=1S/C19H20N2O5/c1-24-15-9-12(10-16(25-2)17(15)26-3)19(23)21-13-7-5-4-6-11(13)8-14(21)18(20)22/h4-7,9-10,14H,8H2,1-3H3,(H2,20,22)/t14-/m0/s1. The maximum Gasteiger partial charge on any atom is 0.259 e. The van der Waals surface area contributed by atoms with Crippen LogP contribution in [0.3, 0.4) is 0 Å². The number of fused-ring (bicyclic) bond motifs is 1. The number of carbonyl (C=O) groups excluding carboxylic acids is 2. The Morgan fingerprint density at radius 2 is 1.65 bits per heavy atom. The minimum atomic E-state index is -0.737. The molecule has 3 rings (SSSR count). The zero-order valence-electron chi connectivity index (χ0n) is 14.8. The smallest absolute Gasteiger partial charge is 0.259 e. The van der Waals surface area contributed by atoms with Crippen LogP contribution in [0.15, 0.2) is 36.4 Å². The van der Waals surface area contributed by atoms with E-state index >= 15 is 0 Å². The lowest BCUT2D eigenvalue weighted by atomic mass is 10.1. The SMILES string of the molecule is COc1cc(C(=O)N2c3ccccc3C[C@H]2C(N)=O)cc(OC)c1OC. The van der Waals surface area contributed by atoms with Crippen LogP contribution in [0.1, 0.15) is 15.9 Å². The summed E-state index contributed by atoms with van der Waals surface area (Å²) in [5.74, 6) is 0.191. The van der Waals surface area contributed by atoms with E-state index in [2.05, 4.69) is 0 Å². The molecular weight excluding hydrogens is 336 g/mol. The number of hydrogen-bond acceptors (Lipinski definition) is 5. The first-order valence-electron chi connectivity index (χ1n) is 8.02. The van der Waals surface area contributed by atoms with Gasteiger partial charge >= 0.3 is 0 Å². The van der Waals surface area contributed by atoms with Gasteiger partial charge in [-0.3, -0.25) is 14.5 Å². The van der Waals surface area contributed by atoms with Crippen LogP contribution in [0, 0.1) is 0 Å². The molecule has 2 N–H and O–H groups in total. The van der Waals surface area contributed by atoms with E-state index in [0.717, 1.165) is 5.56 Å². The summed E-state index contributed by atoms with van der Waals surface area (Å²) in [5, 5.41) is 0. The summed E-state index contributed by atoms with van der Waals surface area (Å²) in [5.41, 5.74) is 7.42. The van der Waals surface area contributed by atoms with E-state index in [-0.39, 0.29) is 5.91 Å². The fraction of sp³-hybridized carbons (Fsp3) is 0.263. The molecule has 0 aliphatic carbocycles. The molecule has 2 aromatic carbocycles. The first kappa shape index (κ1) is 17.6. The van der Waals surface area contributed by atoms with Gasteiger partial charge in [-0.1, -0.05) is 18.2 Å². The molecule has 0 unspecified atom stereocenters. The van der Waals surface area contributed by atoms with E-state index < -0.39 is 11.9 Å². The van der Waals surface area contributed by atoms with Crippen molar-refractivity contribution in [3.8, 4) is 17.2 Å². The van der Waals surface area contributed by atoms with Crippen LogP contribution in [0.5, 0.6) is 17.2 Å². The van der Waals surface area contributed by atoms with Crippen LogP contribution >= 0.6 is 0 Å². The lowest BCUT2D eigenvalue weighted by Crippen LogP contribution is -2.46. The summed E-state index contributed by atoms with van der Waals surface area (Å²) in [6.45, 7) is 0. The Kier molecular flexibility index (Phi) is 4.71. The van der Waals surface area contributed by atoms with Crippen LogP contribution in [0.25, 0.3) is 0 Å². The number of nitrogens with two attached hydrogens (primary N) is 1. The van der Waals surface area contributed by atoms with Crippen molar-refractivity contribution in [1.82, 2.24) is 0 Å². The number of ether oxygens (including phenoxy) is 3. The number of carbonyl (C=O) groups is 2. The van der Waals surface area contributed by atoms with Crippen molar-refractivity contribution < 1.29 is 23.8 Å². The van der Waals surface area contributed by atoms with Crippen molar-refractivity contribution in [2.24, 2.45) is 5.73 Å². The first-order chi connectivity index (χ1) is 12.5. The molecule has 0 radical (unpaired) electrons. The number of benzene rings is 2. The number of rotatable bonds is 5. The third-order valence-electron chi connectivity index (χ3n) is 4.43. The number of hydrogen-bond donors (Lipinski definition) is 1. The zero-order valence-corrected chi connectivity index (χ0v) is 14.8. The summed E-state index contributed by atoms with van der Waals surface area (Å²) in [7, 11) is 4.44. The highest BCUT2D eigenvalue weighted by Gasteiger charge is 2.38. The van der Waals surface area contributed by atoms with E-state index in [4.69, 9.17) is 19.9 Å². The predicted molar refractivity (Wildman–Crippen MR) is 96.0 cm³/mol. The maximum absolute atomic E-state index is 13.2. The van der Waals surface area contributed by atoms with Crippen molar-refractivity contribution in [2.75, 3.05) is 26.2 Å². The van der Waals surface area contributed by atoms with Crippen LogP contribution in [-0.2, 0) is 11.2 Å². The Bertz CT molecular complexity index is 840. The highest BCUT2D eigenvalue weighted by molar-refractivity contribution is 6.12. The van der Waals surface area contributed by atoms with Crippen LogP contribution in [0.4, 0.5) is 5.69 Å². The van der Waals surface area contributed by atoms with Gasteiger partial charge in [0.05, 0.1) is 21.3 Å². The largest absolute Gasteiger partial charge is 0.493 e. The molecule has 1 heterocycles. The third kappa shape index (κ3) is 2.81. The van der Waals surface area contributed by atoms with Gasteiger partial charge in [-0.15, -0.1) is 0 Å². The topological polar surface area (TPSA) is 91.1 Å². The Hall–Kier alpha value is -3.22. The molecule has 0 bridgehead atoms. The number of methoxy groups -OCH3 is 3. The van der Waals surface area contributed by atoms with Gasteiger partial charge in [0.15, 0.2) is 11.5 Å². The van der Waals surface area contributed by atoms with Crippen LogP contribution in [0.2, 0.25) is 0 Å². The monoisotopic (exact) mass is 356 g/mol. The van der Waals surface area contributed by atoms with Gasteiger partial charge in [0.2, 0.25) is 11.7 Å². The van der Waals surface area contributed by atoms with Crippen molar-refractivity contribution in [2.45, 2.75) is 12.5 Å². The number of nitrogens with zero attached hydrogens (tertiary/aromatic N) is 1. The van der Waals surface area contributed by atoms with Gasteiger partial charge < -0.3 is 19.9 Å². The molecule has 0 saturated heterocycles. The zero-order chi connectivity index (χ0) is 18.8. The molecule has 0 saturated carbocycles. The minimum absolute atomic E-state index is 0.308. The second-order valence-electron chi connectivity index (χ2n) is 5.84. The molecule has 0 aromatic heterocycles. The van der Waals surface area contributed by atoms with Gasteiger partial charge in [0.25, 0.3) is 5.91 Å². The Morgan fingerprint density at radius 3 is 2.19 bits per heavy atom. The molecule has 0 spiro atoms. The molecule has 136 valence electrons. The quantitative estimate of drug-likeness (QED) is 0.882. The third-order valence-corrected chi connectivity index (χ3v) is 4.43. The molecule has 2 aromatic rings. The molecule has 1 aliphatic heterocycles. The Morgan fingerprint density at radius 1 is 1.04 bits per heavy atom. The molecule has 1 aliphatic rings. The van der Waals surface area contributed by atoms with Crippen LogP contribution in [-0.4, -0.2) is 39.2 Å². The lowest BCUT2D eigenvalue weighted by molar-refractivity contribution is -0.119. The molecule has 0 fully saturated rings. The minimum Gasteiger partial charge on any atom is -0.493 e. The normalized spacial score (nSPS) is 15.3. The Labute approximate surface area is 151 Å². The van der Waals surface area contributed by atoms with E-state index in [1.807, 2.05) is 18.2 Å². The van der Waals surface area contributed by atoms with Crippen molar-refractivity contribution in [1.29, 1.82) is 0 Å². The number of amides is 2. The summed E-state index contributed by atoms with van der Waals surface area (Å²) in [4.78, 5) is 26.6. The first-order valence-corrected chi connectivity index (χ1v) is 8.02. The van der Waals surface area contributed by atoms with Gasteiger partial charge in [-0.25, -0.2) is 0 Å². The van der Waals surface area contributed by atoms with Gasteiger partial charge in [0, 0.05) is 17.7 Å². The van der Waals surface area contributed by atoms with E-state index in [1.54, 1.807) is 18.2 Å². The van der Waals surface area contributed by atoms with Crippen molar-refractivity contribution in [3.63, 3.8) is 0 Å². The van der Waals surface area contributed by atoms with Gasteiger partial charge in [0.1, 0.15) is 6.04 Å². The number of primary amides is 1. The molecule has 7 nitrogen and oxygen atoms in total. The predicted octanol–water partition coefficient (Wildman–Crippen LogP) is 1.77. The highest BCUT2D eigenvalue weighted by Crippen LogP contribution is 2.40. The van der Waals surface area contributed by atoms with E-state index in [9.17, 15) is 9.59 Å². The number of anilines is 1. The van der Waals surface area contributed by atoms with Gasteiger partial charge in [-0.05, 0) is 23.8 Å². The van der Waals surface area contributed by atoms with E-state index in [0.29, 0.717) is 34.9 Å². The fourth-order valence-corrected chi connectivity index (χ4v) is 3.21. The molecule has 26 heavy (non-hydrogen) atoms. The summed E-state index contributed by atoms with van der Waals surface area (Å²) in [6.07, 6.45) is 0.391. The Balaban J connectivity index is 2.09. The lowest BCUT2D eigenvalue weighted by Gasteiger charge is -2.24. The average Bonchev–Trinajstić information content (AvgIpc) is 3.06. The summed E-state index contributed by atoms with van der Waals surface area (Å²) < 4.78 is 15.9. The molecule has 2 amide bonds. The second-order valence-corrected chi connectivity index (χ2v) is 5.84. The van der Waals surface area contributed by atoms with E-state index in [1.165, 1.54) is 26.2 Å². The van der Waals surface area contributed by atoms with Crippen molar-refractivity contribution in [3.05, 3.63) is 47.5 Å². The summed E-state index contributed by atoms with van der Waals surface area (Å²) >= 11 is 0. The van der Waals surface area contributed by atoms with Gasteiger partial charge in [-0.2, -0.15) is 0 Å². The molecule has 7 heteroatoms. The second kappa shape index (κ2) is 6.95. The van der Waals surface area contributed by atoms with Crippen molar-refractivity contribution >= 4 is 17.5 Å². The average molecular weight is 356 g/mol. The maximum atomic E-state index is 13.2. The molecular formula is C19H20N2O5. The van der Waals surface area contributed by atoms with Crippen LogP contribution < -0.4 is 24.8 Å². The molecule has 1 atom stereocenters.